The molecule has 0 bridgehead atoms. The first-order valence-electron chi connectivity index (χ1n) is 10.8. The molecule has 1 aliphatic carbocycles. The fourth-order valence-electron chi connectivity index (χ4n) is 3.89. The summed E-state index contributed by atoms with van der Waals surface area (Å²) in [4.78, 5) is 17.2. The highest BCUT2D eigenvalue weighted by molar-refractivity contribution is 7.81. The van der Waals surface area contributed by atoms with E-state index in [0.29, 0.717) is 23.3 Å². The molecule has 0 saturated heterocycles. The summed E-state index contributed by atoms with van der Waals surface area (Å²) in [6.07, 6.45) is 8.85. The van der Waals surface area contributed by atoms with Gasteiger partial charge in [0.2, 0.25) is 0 Å². The number of nitrogens with zero attached hydrogens (tertiary/aromatic N) is 1. The highest BCUT2D eigenvalue weighted by Gasteiger charge is 2.31. The van der Waals surface area contributed by atoms with Crippen molar-refractivity contribution in [1.29, 1.82) is 0 Å². The molecule has 160 valence electrons. The van der Waals surface area contributed by atoms with Crippen molar-refractivity contribution in [3.63, 3.8) is 0 Å². The van der Waals surface area contributed by atoms with Crippen LogP contribution in [0.3, 0.4) is 0 Å². The normalized spacial score (nSPS) is 15.2. The molecule has 0 aliphatic heterocycles. The molecule has 0 heterocycles. The Balaban J connectivity index is 1.81. The van der Waals surface area contributed by atoms with Crippen LogP contribution in [0.25, 0.3) is 0 Å². The second kappa shape index (κ2) is 11.3. The van der Waals surface area contributed by atoms with E-state index in [9.17, 15) is 4.79 Å². The minimum absolute atomic E-state index is 0.0159. The van der Waals surface area contributed by atoms with Crippen LogP contribution in [0.4, 0.5) is 0 Å². The van der Waals surface area contributed by atoms with E-state index in [0.717, 1.165) is 17.7 Å². The summed E-state index contributed by atoms with van der Waals surface area (Å²) in [6.45, 7) is 4.16. The quantitative estimate of drug-likeness (QED) is 0.434. The number of benzene rings is 2. The zero-order valence-electron chi connectivity index (χ0n) is 18.2. The lowest BCUT2D eigenvalue weighted by molar-refractivity contribution is -0.129. The Hall–Kier alpha value is -2.43. The first kappa shape index (κ1) is 23.2. The third kappa shape index (κ3) is 6.28. The number of allylic oxidation sites excluding steroid dienone is 3. The Morgan fingerprint density at radius 2 is 1.61 bits per heavy atom. The smallest absolute Gasteiger partial charge is 0.255 e. The van der Waals surface area contributed by atoms with E-state index in [1.54, 1.807) is 0 Å². The number of aryl methyl sites for hydroxylation is 1. The molecule has 2 aromatic rings. The molecule has 0 N–H and O–H groups in total. The fourth-order valence-corrected chi connectivity index (χ4v) is 4.42. The van der Waals surface area contributed by atoms with Gasteiger partial charge in [-0.1, -0.05) is 97.3 Å². The maximum Gasteiger partial charge on any atom is 0.255 e. The number of carbonyl (C=O) groups is 1. The van der Waals surface area contributed by atoms with Crippen LogP contribution in [0.2, 0.25) is 0 Å². The van der Waals surface area contributed by atoms with Gasteiger partial charge in [-0.05, 0) is 43.9 Å². The molecule has 1 aliphatic rings. The van der Waals surface area contributed by atoms with Gasteiger partial charge in [0.05, 0.1) is 11.6 Å². The van der Waals surface area contributed by atoms with Crippen molar-refractivity contribution in [1.82, 2.24) is 4.90 Å². The molecular formula is C27H29NOS2. The average molecular weight is 448 g/mol. The maximum absolute atomic E-state index is 13.6. The van der Waals surface area contributed by atoms with Crippen molar-refractivity contribution >= 4 is 40.1 Å². The lowest BCUT2D eigenvalue weighted by Gasteiger charge is -2.36. The molecule has 0 saturated carbocycles. The number of rotatable bonds is 9. The molecule has 3 rings (SSSR count). The van der Waals surface area contributed by atoms with E-state index in [-0.39, 0.29) is 18.0 Å². The van der Waals surface area contributed by atoms with Crippen molar-refractivity contribution in [3.8, 4) is 0 Å². The third-order valence-corrected chi connectivity index (χ3v) is 6.61. The minimum Gasteiger partial charge on any atom is -0.329 e. The molecule has 2 unspecified atom stereocenters. The Kier molecular flexibility index (Phi) is 8.44. The molecule has 0 radical (unpaired) electrons. The van der Waals surface area contributed by atoms with Crippen molar-refractivity contribution in [2.24, 2.45) is 0 Å². The first-order valence-corrected chi connectivity index (χ1v) is 11.6. The molecule has 2 atom stereocenters. The van der Waals surface area contributed by atoms with E-state index in [1.165, 1.54) is 11.1 Å². The van der Waals surface area contributed by atoms with Gasteiger partial charge in [0.15, 0.2) is 0 Å². The van der Waals surface area contributed by atoms with Crippen molar-refractivity contribution in [2.75, 3.05) is 0 Å². The molecule has 2 nitrogen and oxygen atoms in total. The number of hydrogen-bond acceptors (Lipinski definition) is 3. The van der Waals surface area contributed by atoms with Crippen LogP contribution in [0.15, 0.2) is 84.5 Å². The first-order chi connectivity index (χ1) is 15.0. The molecule has 0 spiro atoms. The van der Waals surface area contributed by atoms with Crippen LogP contribution >= 0.6 is 24.4 Å². The summed E-state index contributed by atoms with van der Waals surface area (Å²) >= 11 is 11.3. The van der Waals surface area contributed by atoms with Crippen molar-refractivity contribution < 1.29 is 4.79 Å². The molecular weight excluding hydrogens is 418 g/mol. The molecule has 0 aromatic heterocycles. The molecule has 2 aromatic carbocycles. The van der Waals surface area contributed by atoms with Gasteiger partial charge in [0, 0.05) is 28.6 Å². The molecule has 31 heavy (non-hydrogen) atoms. The van der Waals surface area contributed by atoms with Crippen molar-refractivity contribution in [2.45, 2.75) is 51.6 Å². The summed E-state index contributed by atoms with van der Waals surface area (Å²) in [6, 6.07) is 20.5. The maximum atomic E-state index is 13.6. The lowest BCUT2D eigenvalue weighted by Crippen LogP contribution is -2.49. The van der Waals surface area contributed by atoms with Crippen LogP contribution in [0.5, 0.6) is 0 Å². The van der Waals surface area contributed by atoms with Crippen LogP contribution < -0.4 is 0 Å². The number of amides is 1. The monoisotopic (exact) mass is 447 g/mol. The SMILES string of the molecule is CC(CCc1ccccc1)N(C(=O)C1=CC=CCC1=S)C(C)C(=S)Cc1ccccc1. The summed E-state index contributed by atoms with van der Waals surface area (Å²) in [7, 11) is 0. The minimum atomic E-state index is -0.164. The van der Waals surface area contributed by atoms with Crippen LogP contribution in [0.1, 0.15) is 37.8 Å². The summed E-state index contributed by atoms with van der Waals surface area (Å²) in [5.74, 6) is -0.0159. The van der Waals surface area contributed by atoms with Gasteiger partial charge < -0.3 is 4.90 Å². The van der Waals surface area contributed by atoms with Gasteiger partial charge in [-0.2, -0.15) is 0 Å². The Labute approximate surface area is 196 Å². The van der Waals surface area contributed by atoms with E-state index < -0.39 is 0 Å². The Bertz CT molecular complexity index is 979. The third-order valence-electron chi connectivity index (χ3n) is 5.74. The summed E-state index contributed by atoms with van der Waals surface area (Å²) < 4.78 is 0. The van der Waals surface area contributed by atoms with Crippen LogP contribution in [-0.2, 0) is 17.6 Å². The van der Waals surface area contributed by atoms with Crippen molar-refractivity contribution in [3.05, 3.63) is 95.6 Å². The molecule has 1 amide bonds. The Morgan fingerprint density at radius 3 is 2.23 bits per heavy atom. The molecule has 0 fully saturated rings. The van der Waals surface area contributed by atoms with Gasteiger partial charge >= 0.3 is 0 Å². The molecule has 4 heteroatoms. The number of thiocarbonyl (C=S) groups is 2. The van der Waals surface area contributed by atoms with Crippen LogP contribution in [0, 0.1) is 0 Å². The second-order valence-corrected chi connectivity index (χ2v) is 9.04. The van der Waals surface area contributed by atoms with Gasteiger partial charge in [-0.25, -0.2) is 0 Å². The zero-order valence-corrected chi connectivity index (χ0v) is 19.8. The number of hydrogen-bond donors (Lipinski definition) is 0. The number of carbonyl (C=O) groups excluding carboxylic acids is 1. The Morgan fingerprint density at radius 1 is 1.00 bits per heavy atom. The van der Waals surface area contributed by atoms with E-state index >= 15 is 0 Å². The zero-order chi connectivity index (χ0) is 22.2. The van der Waals surface area contributed by atoms with E-state index in [4.69, 9.17) is 24.4 Å². The van der Waals surface area contributed by atoms with Gasteiger partial charge in [-0.3, -0.25) is 4.79 Å². The fraction of sp³-hybridized carbons (Fsp3) is 0.296. The predicted octanol–water partition coefficient (Wildman–Crippen LogP) is 6.09. The lowest BCUT2D eigenvalue weighted by atomic mass is 9.97. The average Bonchev–Trinajstić information content (AvgIpc) is 2.79. The summed E-state index contributed by atoms with van der Waals surface area (Å²) in [5.41, 5.74) is 3.06. The van der Waals surface area contributed by atoms with Gasteiger partial charge in [0.1, 0.15) is 0 Å². The predicted molar refractivity (Wildman–Crippen MR) is 138 cm³/mol. The standard InChI is InChI=1S/C27H29NOS2/c1-20(17-18-22-11-5-3-6-12-22)28(27(29)24-15-9-10-16-25(24)30)21(2)26(31)19-23-13-7-4-8-14-23/h3-15,20-21H,16-19H2,1-2H3. The highest BCUT2D eigenvalue weighted by atomic mass is 32.1. The second-order valence-electron chi connectivity index (χ2n) is 8.03. The van der Waals surface area contributed by atoms with Gasteiger partial charge in [0.25, 0.3) is 5.91 Å². The van der Waals surface area contributed by atoms with Crippen LogP contribution in [-0.4, -0.2) is 32.6 Å². The van der Waals surface area contributed by atoms with Gasteiger partial charge in [-0.15, -0.1) is 0 Å². The van der Waals surface area contributed by atoms with E-state index in [2.05, 4.69) is 43.3 Å². The topological polar surface area (TPSA) is 20.3 Å². The van der Waals surface area contributed by atoms with E-state index in [1.807, 2.05) is 54.3 Å². The highest BCUT2D eigenvalue weighted by Crippen LogP contribution is 2.21. The largest absolute Gasteiger partial charge is 0.329 e. The summed E-state index contributed by atoms with van der Waals surface area (Å²) in [5, 5.41) is 0.